The third kappa shape index (κ3) is 2.98. The first-order valence-corrected chi connectivity index (χ1v) is 5.66. The number of alkyl halides is 3. The van der Waals surface area contributed by atoms with Crippen molar-refractivity contribution in [1.82, 2.24) is 19.6 Å². The van der Waals surface area contributed by atoms with E-state index in [0.29, 0.717) is 5.69 Å². The van der Waals surface area contributed by atoms with E-state index < -0.39 is 17.8 Å². The van der Waals surface area contributed by atoms with Crippen molar-refractivity contribution in [2.24, 2.45) is 7.05 Å². The Hall–Kier alpha value is -2.32. The van der Waals surface area contributed by atoms with E-state index in [1.807, 2.05) is 0 Å². The molecule has 9 heteroatoms. The molecule has 2 aromatic heterocycles. The number of nitrogens with one attached hydrogen (secondary N) is 1. The summed E-state index contributed by atoms with van der Waals surface area (Å²) in [7, 11) is 1.72. The van der Waals surface area contributed by atoms with Crippen LogP contribution in [0.3, 0.4) is 0 Å². The second kappa shape index (κ2) is 4.99. The normalized spacial score (nSPS) is 11.7. The lowest BCUT2D eigenvalue weighted by Gasteiger charge is -2.05. The SMILES string of the molecule is Cc1c(NC(=O)Cn2ccc(C(F)(F)F)n2)cnn1C. The zero-order valence-corrected chi connectivity index (χ0v) is 10.8. The van der Waals surface area contributed by atoms with Crippen molar-refractivity contribution in [3.8, 4) is 0 Å². The Morgan fingerprint density at radius 3 is 2.65 bits per heavy atom. The van der Waals surface area contributed by atoms with Crippen LogP contribution in [0.25, 0.3) is 0 Å². The molecule has 0 unspecified atom stereocenters. The van der Waals surface area contributed by atoms with Gasteiger partial charge in [-0.2, -0.15) is 23.4 Å². The number of hydrogen-bond donors (Lipinski definition) is 1. The highest BCUT2D eigenvalue weighted by Crippen LogP contribution is 2.27. The lowest BCUT2D eigenvalue weighted by Crippen LogP contribution is -2.20. The number of halogens is 3. The van der Waals surface area contributed by atoms with Gasteiger partial charge in [-0.25, -0.2) is 0 Å². The van der Waals surface area contributed by atoms with Crippen molar-refractivity contribution in [1.29, 1.82) is 0 Å². The Bertz CT molecular complexity index is 628. The zero-order valence-electron chi connectivity index (χ0n) is 10.8. The molecule has 6 nitrogen and oxygen atoms in total. The third-order valence-electron chi connectivity index (χ3n) is 2.75. The van der Waals surface area contributed by atoms with Gasteiger partial charge in [0.2, 0.25) is 5.91 Å². The number of rotatable bonds is 3. The van der Waals surface area contributed by atoms with Gasteiger partial charge in [-0.3, -0.25) is 14.2 Å². The molecular formula is C11H12F3N5O. The predicted octanol–water partition coefficient (Wildman–Crippen LogP) is 1.58. The molecule has 0 aliphatic heterocycles. The summed E-state index contributed by atoms with van der Waals surface area (Å²) in [4.78, 5) is 11.7. The Balaban J connectivity index is 2.02. The van der Waals surface area contributed by atoms with Crippen LogP contribution in [0.15, 0.2) is 18.5 Å². The molecule has 2 aromatic rings. The van der Waals surface area contributed by atoms with E-state index in [0.717, 1.165) is 22.6 Å². The first kappa shape index (κ1) is 14.1. The molecule has 20 heavy (non-hydrogen) atoms. The third-order valence-corrected chi connectivity index (χ3v) is 2.75. The molecule has 0 atom stereocenters. The Kier molecular flexibility index (Phi) is 3.51. The maximum absolute atomic E-state index is 12.4. The van der Waals surface area contributed by atoms with Crippen LogP contribution in [0.5, 0.6) is 0 Å². The fourth-order valence-electron chi connectivity index (χ4n) is 1.56. The number of aryl methyl sites for hydroxylation is 1. The number of hydrogen-bond acceptors (Lipinski definition) is 3. The molecule has 0 saturated heterocycles. The van der Waals surface area contributed by atoms with Crippen molar-refractivity contribution in [2.75, 3.05) is 5.32 Å². The number of anilines is 1. The van der Waals surface area contributed by atoms with E-state index in [1.165, 1.54) is 6.20 Å². The second-order valence-corrected chi connectivity index (χ2v) is 4.21. The predicted molar refractivity (Wildman–Crippen MR) is 63.8 cm³/mol. The second-order valence-electron chi connectivity index (χ2n) is 4.21. The molecule has 0 aliphatic carbocycles. The monoisotopic (exact) mass is 287 g/mol. The molecule has 0 aromatic carbocycles. The molecule has 0 fully saturated rings. The quantitative estimate of drug-likeness (QED) is 0.932. The summed E-state index contributed by atoms with van der Waals surface area (Å²) in [5.41, 5.74) is 0.235. The van der Waals surface area contributed by atoms with Gasteiger partial charge in [0, 0.05) is 13.2 Å². The summed E-state index contributed by atoms with van der Waals surface area (Å²) in [5, 5.41) is 9.81. The molecule has 0 bridgehead atoms. The maximum Gasteiger partial charge on any atom is 0.435 e. The van der Waals surface area contributed by atoms with Crippen LogP contribution in [-0.4, -0.2) is 25.5 Å². The van der Waals surface area contributed by atoms with Gasteiger partial charge in [-0.05, 0) is 13.0 Å². The van der Waals surface area contributed by atoms with Crippen LogP contribution in [0.1, 0.15) is 11.4 Å². The van der Waals surface area contributed by atoms with Crippen molar-refractivity contribution < 1.29 is 18.0 Å². The molecule has 2 heterocycles. The van der Waals surface area contributed by atoms with E-state index in [1.54, 1.807) is 18.7 Å². The van der Waals surface area contributed by atoms with Gasteiger partial charge >= 0.3 is 6.18 Å². The molecule has 108 valence electrons. The van der Waals surface area contributed by atoms with Crippen LogP contribution in [0.2, 0.25) is 0 Å². The van der Waals surface area contributed by atoms with Crippen molar-refractivity contribution in [3.05, 3.63) is 29.8 Å². The molecular weight excluding hydrogens is 275 g/mol. The molecule has 1 amide bonds. The van der Waals surface area contributed by atoms with Crippen molar-refractivity contribution >= 4 is 11.6 Å². The van der Waals surface area contributed by atoms with Gasteiger partial charge in [0.25, 0.3) is 0 Å². The van der Waals surface area contributed by atoms with Crippen molar-refractivity contribution in [2.45, 2.75) is 19.6 Å². The largest absolute Gasteiger partial charge is 0.435 e. The van der Waals surface area contributed by atoms with E-state index in [9.17, 15) is 18.0 Å². The Labute approximate surface area is 112 Å². The molecule has 1 N–H and O–H groups in total. The van der Waals surface area contributed by atoms with Crippen LogP contribution < -0.4 is 5.32 Å². The average Bonchev–Trinajstić information content (AvgIpc) is 2.91. The first-order chi connectivity index (χ1) is 9.27. The summed E-state index contributed by atoms with van der Waals surface area (Å²) in [6.45, 7) is 1.46. The van der Waals surface area contributed by atoms with E-state index in [-0.39, 0.29) is 6.54 Å². The van der Waals surface area contributed by atoms with Gasteiger partial charge in [-0.1, -0.05) is 0 Å². The van der Waals surface area contributed by atoms with E-state index in [4.69, 9.17) is 0 Å². The molecule has 0 radical (unpaired) electrons. The number of aromatic nitrogens is 4. The summed E-state index contributed by atoms with van der Waals surface area (Å²) in [5.74, 6) is -0.474. The number of amides is 1. The Morgan fingerprint density at radius 2 is 2.15 bits per heavy atom. The van der Waals surface area contributed by atoms with Crippen LogP contribution >= 0.6 is 0 Å². The lowest BCUT2D eigenvalue weighted by atomic mass is 10.4. The van der Waals surface area contributed by atoms with Crippen molar-refractivity contribution in [3.63, 3.8) is 0 Å². The topological polar surface area (TPSA) is 64.7 Å². The average molecular weight is 287 g/mol. The van der Waals surface area contributed by atoms with Crippen LogP contribution in [0.4, 0.5) is 18.9 Å². The van der Waals surface area contributed by atoms with Gasteiger partial charge in [-0.15, -0.1) is 0 Å². The number of nitrogens with zero attached hydrogens (tertiary/aromatic N) is 4. The number of carbonyl (C=O) groups excluding carboxylic acids is 1. The lowest BCUT2D eigenvalue weighted by molar-refractivity contribution is -0.141. The summed E-state index contributed by atoms with van der Waals surface area (Å²) in [6, 6.07) is 0.822. The minimum atomic E-state index is -4.51. The highest BCUT2D eigenvalue weighted by Gasteiger charge is 2.33. The smallest absolute Gasteiger partial charge is 0.322 e. The fourth-order valence-corrected chi connectivity index (χ4v) is 1.56. The van der Waals surface area contributed by atoms with E-state index in [2.05, 4.69) is 15.5 Å². The van der Waals surface area contributed by atoms with E-state index >= 15 is 0 Å². The van der Waals surface area contributed by atoms with Gasteiger partial charge < -0.3 is 5.32 Å². The van der Waals surface area contributed by atoms with Gasteiger partial charge in [0.15, 0.2) is 5.69 Å². The minimum Gasteiger partial charge on any atom is -0.322 e. The fraction of sp³-hybridized carbons (Fsp3) is 0.364. The van der Waals surface area contributed by atoms with Gasteiger partial charge in [0.1, 0.15) is 6.54 Å². The first-order valence-electron chi connectivity index (χ1n) is 5.66. The number of carbonyl (C=O) groups is 1. The van der Waals surface area contributed by atoms with Crippen LogP contribution in [-0.2, 0) is 24.6 Å². The highest BCUT2D eigenvalue weighted by molar-refractivity contribution is 5.90. The summed E-state index contributed by atoms with van der Waals surface area (Å²) < 4.78 is 39.6. The molecule has 0 spiro atoms. The molecule has 0 aliphatic rings. The van der Waals surface area contributed by atoms with Crippen LogP contribution in [0, 0.1) is 6.92 Å². The highest BCUT2D eigenvalue weighted by atomic mass is 19.4. The minimum absolute atomic E-state index is 0.301. The standard InChI is InChI=1S/C11H12F3N5O/c1-7-8(5-15-18(7)2)16-10(20)6-19-4-3-9(17-19)11(12,13)14/h3-5H,6H2,1-2H3,(H,16,20). The molecule has 2 rings (SSSR count). The zero-order chi connectivity index (χ0) is 14.9. The summed E-state index contributed by atoms with van der Waals surface area (Å²) >= 11 is 0. The summed E-state index contributed by atoms with van der Waals surface area (Å²) in [6.07, 6.45) is -1.93. The maximum atomic E-state index is 12.4. The molecule has 0 saturated carbocycles. The van der Waals surface area contributed by atoms with Gasteiger partial charge in [0.05, 0.1) is 17.6 Å². The Morgan fingerprint density at radius 1 is 1.45 bits per heavy atom.